The Bertz CT molecular complexity index is 840. The van der Waals surface area contributed by atoms with Gasteiger partial charge in [-0.05, 0) is 30.5 Å². The fourth-order valence-electron chi connectivity index (χ4n) is 2.61. The quantitative estimate of drug-likeness (QED) is 0.779. The number of hydrogen-bond acceptors (Lipinski definition) is 2. The molecule has 0 unspecified atom stereocenters. The lowest BCUT2D eigenvalue weighted by molar-refractivity contribution is 0.0688. The summed E-state index contributed by atoms with van der Waals surface area (Å²) in [5, 5.41) is 9.47. The summed E-state index contributed by atoms with van der Waals surface area (Å²) in [5.41, 5.74) is 3.84. The number of imidazole rings is 2. The SMILES string of the molecule is Cc1c(C(=O)O)n2c3cc(C(C)C)ccc3nc2n1C. The zero-order valence-corrected chi connectivity index (χ0v) is 12.0. The summed E-state index contributed by atoms with van der Waals surface area (Å²) < 4.78 is 3.55. The second-order valence-corrected chi connectivity index (χ2v) is 5.45. The Morgan fingerprint density at radius 3 is 2.65 bits per heavy atom. The zero-order valence-electron chi connectivity index (χ0n) is 12.0. The van der Waals surface area contributed by atoms with Crippen LogP contribution in [0.25, 0.3) is 16.8 Å². The van der Waals surface area contributed by atoms with Gasteiger partial charge in [0.05, 0.1) is 11.0 Å². The molecule has 3 rings (SSSR count). The number of carbonyl (C=O) groups is 1. The normalized spacial score (nSPS) is 11.8. The minimum absolute atomic E-state index is 0.283. The highest BCUT2D eigenvalue weighted by Crippen LogP contribution is 2.26. The van der Waals surface area contributed by atoms with Crippen molar-refractivity contribution in [2.24, 2.45) is 7.05 Å². The molecule has 5 nitrogen and oxygen atoms in total. The number of aromatic nitrogens is 3. The molecule has 0 fully saturated rings. The van der Waals surface area contributed by atoms with E-state index in [0.717, 1.165) is 11.0 Å². The van der Waals surface area contributed by atoms with Gasteiger partial charge in [0.25, 0.3) is 0 Å². The van der Waals surface area contributed by atoms with Crippen molar-refractivity contribution in [1.82, 2.24) is 14.0 Å². The highest BCUT2D eigenvalue weighted by atomic mass is 16.4. The van der Waals surface area contributed by atoms with E-state index in [-0.39, 0.29) is 5.69 Å². The first kappa shape index (κ1) is 12.7. The summed E-state index contributed by atoms with van der Waals surface area (Å²) in [4.78, 5) is 16.1. The van der Waals surface area contributed by atoms with Gasteiger partial charge in [0.15, 0.2) is 5.69 Å². The number of nitrogens with zero attached hydrogens (tertiary/aromatic N) is 3. The number of hydrogen-bond donors (Lipinski definition) is 1. The van der Waals surface area contributed by atoms with Crippen LogP contribution in [0.1, 0.15) is 41.5 Å². The topological polar surface area (TPSA) is 59.5 Å². The molecule has 0 aliphatic rings. The maximum Gasteiger partial charge on any atom is 0.354 e. The standard InChI is InChI=1S/C15H17N3O2/c1-8(2)10-5-6-11-12(7-10)18-13(14(19)20)9(3)17(4)15(18)16-11/h5-8H,1-4H3,(H,19,20). The third-order valence-corrected chi connectivity index (χ3v) is 3.90. The Morgan fingerprint density at radius 2 is 2.05 bits per heavy atom. The van der Waals surface area contributed by atoms with E-state index in [4.69, 9.17) is 0 Å². The minimum atomic E-state index is -0.928. The van der Waals surface area contributed by atoms with E-state index in [1.807, 2.05) is 29.8 Å². The van der Waals surface area contributed by atoms with Crippen molar-refractivity contribution in [1.29, 1.82) is 0 Å². The van der Waals surface area contributed by atoms with Crippen molar-refractivity contribution < 1.29 is 9.90 Å². The van der Waals surface area contributed by atoms with Crippen molar-refractivity contribution in [3.05, 3.63) is 35.2 Å². The maximum atomic E-state index is 11.5. The van der Waals surface area contributed by atoms with Gasteiger partial charge >= 0.3 is 5.97 Å². The number of rotatable bonds is 2. The Hall–Kier alpha value is -2.30. The van der Waals surface area contributed by atoms with Crippen LogP contribution in [0.2, 0.25) is 0 Å². The monoisotopic (exact) mass is 271 g/mol. The van der Waals surface area contributed by atoms with Gasteiger partial charge in [0.2, 0.25) is 5.78 Å². The third-order valence-electron chi connectivity index (χ3n) is 3.90. The Balaban J connectivity index is 2.49. The van der Waals surface area contributed by atoms with E-state index in [1.165, 1.54) is 5.56 Å². The molecule has 0 atom stereocenters. The van der Waals surface area contributed by atoms with Gasteiger partial charge in [-0.1, -0.05) is 19.9 Å². The van der Waals surface area contributed by atoms with Crippen molar-refractivity contribution >= 4 is 22.8 Å². The smallest absolute Gasteiger partial charge is 0.354 e. The maximum absolute atomic E-state index is 11.5. The number of aryl methyl sites for hydroxylation is 1. The fourth-order valence-corrected chi connectivity index (χ4v) is 2.61. The molecule has 20 heavy (non-hydrogen) atoms. The van der Waals surface area contributed by atoms with Gasteiger partial charge in [-0.3, -0.25) is 4.40 Å². The molecule has 104 valence electrons. The summed E-state index contributed by atoms with van der Waals surface area (Å²) >= 11 is 0. The van der Waals surface area contributed by atoms with Crippen LogP contribution in [0.3, 0.4) is 0 Å². The van der Waals surface area contributed by atoms with Gasteiger partial charge in [-0.15, -0.1) is 0 Å². The van der Waals surface area contributed by atoms with E-state index in [9.17, 15) is 9.90 Å². The van der Waals surface area contributed by atoms with E-state index in [2.05, 4.69) is 18.8 Å². The average Bonchev–Trinajstić information content (AvgIpc) is 2.86. The number of benzene rings is 1. The predicted molar refractivity (Wildman–Crippen MR) is 77.5 cm³/mol. The highest BCUT2D eigenvalue weighted by Gasteiger charge is 2.21. The molecular formula is C15H17N3O2. The summed E-state index contributed by atoms with van der Waals surface area (Å²) in [5.74, 6) is 0.126. The lowest BCUT2D eigenvalue weighted by Gasteiger charge is -2.05. The molecule has 0 aliphatic heterocycles. The Morgan fingerprint density at radius 1 is 1.35 bits per heavy atom. The zero-order chi connectivity index (χ0) is 14.6. The molecule has 0 saturated heterocycles. The number of carboxylic acids is 1. The first-order valence-electron chi connectivity index (χ1n) is 6.62. The van der Waals surface area contributed by atoms with Crippen LogP contribution < -0.4 is 0 Å². The molecule has 3 aromatic rings. The molecular weight excluding hydrogens is 254 g/mol. The summed E-state index contributed by atoms with van der Waals surface area (Å²) in [6.45, 7) is 6.04. The van der Waals surface area contributed by atoms with E-state index >= 15 is 0 Å². The average molecular weight is 271 g/mol. The molecule has 2 aromatic heterocycles. The predicted octanol–water partition coefficient (Wildman–Crippen LogP) is 2.96. The van der Waals surface area contributed by atoms with Gasteiger partial charge < -0.3 is 9.67 Å². The third kappa shape index (κ3) is 1.56. The van der Waals surface area contributed by atoms with Gasteiger partial charge in [-0.25, -0.2) is 9.78 Å². The van der Waals surface area contributed by atoms with Crippen LogP contribution >= 0.6 is 0 Å². The fraction of sp³-hybridized carbons (Fsp3) is 0.333. The van der Waals surface area contributed by atoms with Crippen LogP contribution in [0, 0.1) is 6.92 Å². The number of aromatic carboxylic acids is 1. The molecule has 1 N–H and O–H groups in total. The van der Waals surface area contributed by atoms with Gasteiger partial charge in [0, 0.05) is 12.7 Å². The number of fused-ring (bicyclic) bond motifs is 3. The van der Waals surface area contributed by atoms with Crippen molar-refractivity contribution in [3.8, 4) is 0 Å². The second-order valence-electron chi connectivity index (χ2n) is 5.45. The van der Waals surface area contributed by atoms with E-state index in [1.54, 1.807) is 11.3 Å². The van der Waals surface area contributed by atoms with Crippen LogP contribution in [-0.2, 0) is 7.05 Å². The Kier molecular flexibility index (Phi) is 2.61. The summed E-state index contributed by atoms with van der Waals surface area (Å²) in [7, 11) is 1.84. The molecule has 0 bridgehead atoms. The molecule has 0 spiro atoms. The van der Waals surface area contributed by atoms with E-state index in [0.29, 0.717) is 17.4 Å². The first-order chi connectivity index (χ1) is 9.41. The molecule has 2 heterocycles. The van der Waals surface area contributed by atoms with Crippen LogP contribution in [-0.4, -0.2) is 25.0 Å². The van der Waals surface area contributed by atoms with Crippen LogP contribution in [0.4, 0.5) is 0 Å². The van der Waals surface area contributed by atoms with Crippen molar-refractivity contribution in [2.75, 3.05) is 0 Å². The second kappa shape index (κ2) is 4.10. The minimum Gasteiger partial charge on any atom is -0.477 e. The van der Waals surface area contributed by atoms with Crippen LogP contribution in [0.5, 0.6) is 0 Å². The first-order valence-corrected chi connectivity index (χ1v) is 6.62. The summed E-state index contributed by atoms with van der Waals surface area (Å²) in [6.07, 6.45) is 0. The Labute approximate surface area is 116 Å². The largest absolute Gasteiger partial charge is 0.477 e. The van der Waals surface area contributed by atoms with Gasteiger partial charge in [-0.2, -0.15) is 0 Å². The van der Waals surface area contributed by atoms with Gasteiger partial charge in [0.1, 0.15) is 0 Å². The highest BCUT2D eigenvalue weighted by molar-refractivity contribution is 5.92. The molecule has 5 heteroatoms. The lowest BCUT2D eigenvalue weighted by Crippen LogP contribution is -2.04. The molecule has 0 aliphatic carbocycles. The lowest BCUT2D eigenvalue weighted by atomic mass is 10.0. The molecule has 1 aromatic carbocycles. The number of carboxylic acid groups (broad SMARTS) is 1. The van der Waals surface area contributed by atoms with E-state index < -0.39 is 5.97 Å². The van der Waals surface area contributed by atoms with Crippen molar-refractivity contribution in [2.45, 2.75) is 26.7 Å². The summed E-state index contributed by atoms with van der Waals surface area (Å²) in [6, 6.07) is 6.04. The molecule has 0 radical (unpaired) electrons. The molecule has 0 saturated carbocycles. The van der Waals surface area contributed by atoms with Crippen LogP contribution in [0.15, 0.2) is 18.2 Å². The van der Waals surface area contributed by atoms with Crippen molar-refractivity contribution in [3.63, 3.8) is 0 Å². The molecule has 0 amide bonds.